The Hall–Kier alpha value is 0.280. The molecular weight excluding hydrogens is 597 g/mol. The number of hydroxylamine groups is 1. The number of phosphoric acid groups is 1. The van der Waals surface area contributed by atoms with Crippen molar-refractivity contribution in [2.24, 2.45) is 23.2 Å². The van der Waals surface area contributed by atoms with Crippen LogP contribution < -0.4 is 10.4 Å². The summed E-state index contributed by atoms with van der Waals surface area (Å²) in [7, 11) is -0.913. The van der Waals surface area contributed by atoms with Crippen molar-refractivity contribution in [2.45, 2.75) is 41.9 Å². The molecule has 8 unspecified atom stereocenters. The molecule has 13 heteroatoms. The minimum absolute atomic E-state index is 0.0965. The Morgan fingerprint density at radius 3 is 2.66 bits per heavy atom. The summed E-state index contributed by atoms with van der Waals surface area (Å²) in [4.78, 5) is 11.6. The Morgan fingerprint density at radius 2 is 2.09 bits per heavy atom. The van der Waals surface area contributed by atoms with Gasteiger partial charge in [-0.15, -0.1) is 14.9 Å². The van der Waals surface area contributed by atoms with Crippen molar-refractivity contribution in [2.75, 3.05) is 14.2 Å². The quantitative estimate of drug-likeness (QED) is 0.121. The average molecular weight is 620 g/mol. The van der Waals surface area contributed by atoms with E-state index in [-0.39, 0.29) is 27.5 Å². The van der Waals surface area contributed by atoms with Gasteiger partial charge in [0.25, 0.3) is 5.79 Å². The zero-order valence-electron chi connectivity index (χ0n) is 17.4. The van der Waals surface area contributed by atoms with Crippen molar-refractivity contribution in [3.63, 3.8) is 0 Å². The van der Waals surface area contributed by atoms with Crippen LogP contribution >= 0.6 is 53.9 Å². The summed E-state index contributed by atoms with van der Waals surface area (Å²) in [5, 5.41) is 0.222. The Kier molecular flexibility index (Phi) is 4.93. The van der Waals surface area contributed by atoms with Crippen LogP contribution in [0.4, 0.5) is 0 Å². The van der Waals surface area contributed by atoms with E-state index in [2.05, 4.69) is 5.90 Å². The number of ether oxygens (including phenoxy) is 1. The van der Waals surface area contributed by atoms with E-state index in [4.69, 9.17) is 51.5 Å². The van der Waals surface area contributed by atoms with E-state index in [0.717, 1.165) is 25.7 Å². The molecule has 7 aliphatic rings. The van der Waals surface area contributed by atoms with Gasteiger partial charge in [0.15, 0.2) is 11.4 Å². The van der Waals surface area contributed by atoms with Crippen molar-refractivity contribution in [1.29, 1.82) is 0 Å². The fourth-order valence-corrected chi connectivity index (χ4v) is 10.1. The molecule has 6 saturated carbocycles. The number of hydrogen-bond donors (Lipinski definition) is 1. The highest BCUT2D eigenvalue weighted by atomic mass is 127. The molecule has 1 saturated heterocycles. The molecule has 1 aromatic carbocycles. The second-order valence-electron chi connectivity index (χ2n) is 9.56. The predicted octanol–water partition coefficient (Wildman–Crippen LogP) is 4.14. The van der Waals surface area contributed by atoms with Gasteiger partial charge in [0.05, 0.1) is 5.02 Å². The van der Waals surface area contributed by atoms with Crippen LogP contribution in [0.1, 0.15) is 31.2 Å². The monoisotopic (exact) mass is 619 g/mol. The number of alkyl halides is 1. The summed E-state index contributed by atoms with van der Waals surface area (Å²) >= 11 is 15.1. The molecule has 3 N–H and O–H groups in total. The van der Waals surface area contributed by atoms with Gasteiger partial charge in [0.1, 0.15) is 0 Å². The molecule has 1 heterocycles. The summed E-state index contributed by atoms with van der Waals surface area (Å²) in [5.41, 5.74) is 0.382. The molecule has 7 fully saturated rings. The molecule has 5 bridgehead atoms. The number of benzene rings is 1. The van der Waals surface area contributed by atoms with Crippen molar-refractivity contribution < 1.29 is 38.7 Å². The fourth-order valence-electron chi connectivity index (χ4n) is 7.61. The lowest BCUT2D eigenvalue weighted by atomic mass is 9.23. The number of halogens is 3. The van der Waals surface area contributed by atoms with Gasteiger partial charge in [-0.3, -0.25) is 0 Å². The van der Waals surface area contributed by atoms with Crippen LogP contribution in [0.5, 0.6) is 5.75 Å². The van der Waals surface area contributed by atoms with Crippen LogP contribution in [0.2, 0.25) is 5.02 Å². The molecule has 6 aliphatic carbocycles. The van der Waals surface area contributed by atoms with Crippen molar-refractivity contribution in [3.05, 3.63) is 28.8 Å². The first kappa shape index (κ1) is 22.7. The average Bonchev–Trinajstić information content (AvgIpc) is 2.68. The third kappa shape index (κ3) is 2.58. The zero-order valence-corrected chi connectivity index (χ0v) is 21.9. The number of nitrogens with zero attached hydrogens (tertiary/aromatic N) is 1. The molecule has 0 amide bonds. The summed E-state index contributed by atoms with van der Waals surface area (Å²) in [5.74, 6) is 3.04. The Bertz CT molecular complexity index is 1030. The Labute approximate surface area is 209 Å². The lowest BCUT2D eigenvalue weighted by molar-refractivity contribution is -0.662. The second-order valence-corrected chi connectivity index (χ2v) is 13.6. The minimum Gasteiger partial charge on any atom is -0.399 e. The Balaban J connectivity index is 1.37. The van der Waals surface area contributed by atoms with Gasteiger partial charge < -0.3 is 9.26 Å². The van der Waals surface area contributed by atoms with E-state index in [1.165, 1.54) is 10.3 Å². The van der Waals surface area contributed by atoms with Crippen LogP contribution in [0.3, 0.4) is 0 Å². The van der Waals surface area contributed by atoms with Crippen molar-refractivity contribution >= 4 is 53.9 Å². The maximum atomic E-state index is 12.8. The molecule has 0 radical (unpaired) electrons. The zero-order chi connectivity index (χ0) is 22.7. The standard InChI is InChI=1S/C19H23Cl2IN2O7P/c1-24(22)31-32(25,30-23)27-14-5-10(3-4-13(14)20)19(26-2)18(28-29-19)11-6-16-8-12(18)15(16)17(21,7-11)9-16/h3-5,11-12,15H,6-9H2,1-2,23H3/q+1. The highest BCUT2D eigenvalue weighted by molar-refractivity contribution is 14.1. The largest absolute Gasteiger partial charge is 0.595 e. The molecule has 1 aliphatic heterocycles. The second kappa shape index (κ2) is 6.94. The Morgan fingerprint density at radius 1 is 1.31 bits per heavy atom. The lowest BCUT2D eigenvalue weighted by Gasteiger charge is -2.86. The molecule has 1 aromatic rings. The van der Waals surface area contributed by atoms with E-state index in [9.17, 15) is 4.57 Å². The van der Waals surface area contributed by atoms with E-state index in [1.54, 1.807) is 48.2 Å². The normalized spacial score (nSPS) is 46.9. The molecule has 8 atom stereocenters. The lowest BCUT2D eigenvalue weighted by Crippen LogP contribution is -2.90. The van der Waals surface area contributed by atoms with Crippen LogP contribution in [-0.2, 0) is 34.1 Å². The van der Waals surface area contributed by atoms with Crippen LogP contribution in [-0.4, -0.2) is 27.9 Å². The molecule has 0 aromatic heterocycles. The molecule has 2 spiro atoms. The summed E-state index contributed by atoms with van der Waals surface area (Å²) < 4.78 is 35.5. The number of rotatable bonds is 7. The first-order chi connectivity index (χ1) is 15.1. The number of methoxy groups -OCH3 is 1. The van der Waals surface area contributed by atoms with Gasteiger partial charge >= 0.3 is 7.82 Å². The SMILES string of the molecule is COC1(c2ccc(Cl)c(OP(=O)(O[NH3+])ON(C)I)c2)OOC12C1CC3(Cl)CC4(C1)CC2C34. The van der Waals surface area contributed by atoms with Crippen molar-refractivity contribution in [1.82, 2.24) is 3.28 Å². The van der Waals surface area contributed by atoms with Gasteiger partial charge in [-0.1, -0.05) is 22.3 Å². The highest BCUT2D eigenvalue weighted by Crippen LogP contribution is 2.88. The van der Waals surface area contributed by atoms with E-state index < -0.39 is 19.2 Å². The molecule has 32 heavy (non-hydrogen) atoms. The van der Waals surface area contributed by atoms with Gasteiger partial charge in [0.2, 0.25) is 0 Å². The minimum atomic E-state index is -4.05. The predicted molar refractivity (Wildman–Crippen MR) is 120 cm³/mol. The molecule has 176 valence electrons. The van der Waals surface area contributed by atoms with Gasteiger partial charge in [-0.05, 0) is 55.1 Å². The fraction of sp³-hybridized carbons (Fsp3) is 0.684. The van der Waals surface area contributed by atoms with E-state index in [1.807, 2.05) is 0 Å². The highest BCUT2D eigenvalue weighted by Gasteiger charge is 2.91. The van der Waals surface area contributed by atoms with Crippen molar-refractivity contribution in [3.8, 4) is 5.75 Å². The molecule has 9 nitrogen and oxygen atoms in total. The van der Waals surface area contributed by atoms with Crippen LogP contribution in [0.15, 0.2) is 18.2 Å². The number of quaternary nitrogens is 1. The summed E-state index contributed by atoms with van der Waals surface area (Å²) in [6.45, 7) is 0. The molecule has 8 rings (SSSR count). The van der Waals surface area contributed by atoms with Crippen LogP contribution in [0.25, 0.3) is 0 Å². The topological polar surface area (TPSA) is 103 Å². The summed E-state index contributed by atoms with van der Waals surface area (Å²) in [6.07, 6.45) is 4.10. The molecular formula is C19H23Cl2IN2O7P+. The first-order valence-electron chi connectivity index (χ1n) is 10.3. The third-order valence-electron chi connectivity index (χ3n) is 8.28. The third-order valence-corrected chi connectivity index (χ3v) is 10.8. The smallest absolute Gasteiger partial charge is 0.399 e. The number of hydrogen-bond acceptors (Lipinski definition) is 8. The van der Waals surface area contributed by atoms with E-state index >= 15 is 0 Å². The van der Waals surface area contributed by atoms with E-state index in [0.29, 0.717) is 16.9 Å². The first-order valence-corrected chi connectivity index (χ1v) is 13.5. The maximum Gasteiger partial charge on any atom is 0.595 e. The maximum absolute atomic E-state index is 12.8. The summed E-state index contributed by atoms with van der Waals surface area (Å²) in [6, 6.07) is 5.07. The van der Waals surface area contributed by atoms with Gasteiger partial charge in [-0.2, -0.15) is 15.4 Å². The van der Waals surface area contributed by atoms with Crippen LogP contribution in [0, 0.1) is 23.2 Å². The van der Waals surface area contributed by atoms with Gasteiger partial charge in [-0.25, -0.2) is 9.45 Å². The van der Waals surface area contributed by atoms with Gasteiger partial charge in [0, 0.05) is 53.4 Å².